The van der Waals surface area contributed by atoms with Gasteiger partial charge in [0, 0.05) is 13.0 Å². The number of hydrogen-bond donors (Lipinski definition) is 0. The molecule has 0 saturated heterocycles. The highest BCUT2D eigenvalue weighted by Gasteiger charge is 2.16. The van der Waals surface area contributed by atoms with Crippen LogP contribution in [0.5, 0.6) is 0 Å². The Morgan fingerprint density at radius 3 is 2.73 bits per heavy atom. The van der Waals surface area contributed by atoms with Gasteiger partial charge in [-0.25, -0.2) is 0 Å². The maximum Gasteiger partial charge on any atom is 0.0621 e. The zero-order valence-corrected chi connectivity index (χ0v) is 6.88. The fourth-order valence-corrected chi connectivity index (χ4v) is 1.09. The highest BCUT2D eigenvalue weighted by Crippen LogP contribution is 2.21. The molecule has 0 radical (unpaired) electrons. The maximum absolute atomic E-state index is 8.24. The number of nitrogens with zero attached hydrogens (tertiary/aromatic N) is 1. The quantitative estimate of drug-likeness (QED) is 0.567. The van der Waals surface area contributed by atoms with Crippen molar-refractivity contribution < 1.29 is 4.74 Å². The second-order valence-corrected chi connectivity index (χ2v) is 3.04. The number of nitriles is 1. The summed E-state index contributed by atoms with van der Waals surface area (Å²) in [6.45, 7) is 0.854. The van der Waals surface area contributed by atoms with E-state index in [0.717, 1.165) is 19.4 Å². The number of rotatable bonds is 5. The van der Waals surface area contributed by atoms with Gasteiger partial charge in [0.1, 0.15) is 0 Å². The lowest BCUT2D eigenvalue weighted by molar-refractivity contribution is 0.000911. The van der Waals surface area contributed by atoms with Crippen molar-refractivity contribution in [2.24, 2.45) is 0 Å². The second kappa shape index (κ2) is 5.15. The van der Waals surface area contributed by atoms with Crippen molar-refractivity contribution in [1.82, 2.24) is 0 Å². The van der Waals surface area contributed by atoms with E-state index in [1.165, 1.54) is 19.3 Å². The molecule has 1 aliphatic carbocycles. The molecule has 11 heavy (non-hydrogen) atoms. The molecule has 62 valence electrons. The average Bonchev–Trinajstić information content (AvgIpc) is 1.93. The molecule has 1 fully saturated rings. The van der Waals surface area contributed by atoms with Crippen LogP contribution in [0.4, 0.5) is 0 Å². The average molecular weight is 153 g/mol. The van der Waals surface area contributed by atoms with E-state index in [1.807, 2.05) is 0 Å². The molecule has 0 N–H and O–H groups in total. The van der Waals surface area contributed by atoms with Crippen LogP contribution in [0.3, 0.4) is 0 Å². The maximum atomic E-state index is 8.24. The second-order valence-electron chi connectivity index (χ2n) is 3.04. The van der Waals surface area contributed by atoms with Crippen LogP contribution in [-0.4, -0.2) is 12.7 Å². The third-order valence-electron chi connectivity index (χ3n) is 2.09. The summed E-state index contributed by atoms with van der Waals surface area (Å²) in [4.78, 5) is 0. The molecule has 0 bridgehead atoms. The van der Waals surface area contributed by atoms with E-state index >= 15 is 0 Å². The minimum Gasteiger partial charge on any atom is -0.378 e. The van der Waals surface area contributed by atoms with Gasteiger partial charge in [-0.1, -0.05) is 0 Å². The Morgan fingerprint density at radius 1 is 1.36 bits per heavy atom. The molecule has 0 aromatic rings. The van der Waals surface area contributed by atoms with E-state index in [4.69, 9.17) is 10.00 Å². The SMILES string of the molecule is N#CCCCCOC1CCC1. The van der Waals surface area contributed by atoms with Gasteiger partial charge in [0.2, 0.25) is 0 Å². The van der Waals surface area contributed by atoms with Crippen molar-refractivity contribution in [3.05, 3.63) is 0 Å². The van der Waals surface area contributed by atoms with Gasteiger partial charge >= 0.3 is 0 Å². The molecule has 0 amide bonds. The summed E-state index contributed by atoms with van der Waals surface area (Å²) in [5.41, 5.74) is 0. The first-order valence-corrected chi connectivity index (χ1v) is 4.42. The molecule has 0 heterocycles. The van der Waals surface area contributed by atoms with Gasteiger partial charge in [-0.2, -0.15) is 5.26 Å². The third kappa shape index (κ3) is 3.38. The number of unbranched alkanes of at least 4 members (excludes halogenated alkanes) is 2. The summed E-state index contributed by atoms with van der Waals surface area (Å²) in [7, 11) is 0. The van der Waals surface area contributed by atoms with Gasteiger partial charge in [0.05, 0.1) is 12.2 Å². The molecule has 1 saturated carbocycles. The Labute approximate surface area is 68.2 Å². The van der Waals surface area contributed by atoms with Crippen LogP contribution < -0.4 is 0 Å². The Bertz CT molecular complexity index is 135. The Hall–Kier alpha value is -0.550. The lowest BCUT2D eigenvalue weighted by Gasteiger charge is -2.25. The minimum atomic E-state index is 0.553. The van der Waals surface area contributed by atoms with Crippen LogP contribution in [0.2, 0.25) is 0 Å². The van der Waals surface area contributed by atoms with E-state index in [9.17, 15) is 0 Å². The van der Waals surface area contributed by atoms with Crippen LogP contribution in [0, 0.1) is 11.3 Å². The molecule has 0 unspecified atom stereocenters. The van der Waals surface area contributed by atoms with Crippen molar-refractivity contribution in [3.8, 4) is 6.07 Å². The molecule has 1 rings (SSSR count). The van der Waals surface area contributed by atoms with Crippen molar-refractivity contribution in [2.45, 2.75) is 44.6 Å². The highest BCUT2D eigenvalue weighted by molar-refractivity contribution is 4.70. The van der Waals surface area contributed by atoms with Crippen LogP contribution in [-0.2, 0) is 4.74 Å². The molecule has 0 spiro atoms. The van der Waals surface area contributed by atoms with Crippen molar-refractivity contribution in [1.29, 1.82) is 5.26 Å². The summed E-state index contributed by atoms with van der Waals surface area (Å²) in [5, 5.41) is 8.24. The molecule has 1 aliphatic rings. The predicted octanol–water partition coefficient (Wildman–Crippen LogP) is 2.25. The summed E-state index contributed by atoms with van der Waals surface area (Å²) >= 11 is 0. The highest BCUT2D eigenvalue weighted by atomic mass is 16.5. The Kier molecular flexibility index (Phi) is 4.00. The zero-order chi connectivity index (χ0) is 7.94. The first-order valence-electron chi connectivity index (χ1n) is 4.42. The molecule has 2 heteroatoms. The predicted molar refractivity (Wildman–Crippen MR) is 43.1 cm³/mol. The van der Waals surface area contributed by atoms with E-state index in [2.05, 4.69) is 6.07 Å². The van der Waals surface area contributed by atoms with Crippen LogP contribution in [0.1, 0.15) is 38.5 Å². The third-order valence-corrected chi connectivity index (χ3v) is 2.09. The molecule has 0 atom stereocenters. The monoisotopic (exact) mass is 153 g/mol. The summed E-state index contributed by atoms with van der Waals surface area (Å²) < 4.78 is 5.52. The normalized spacial score (nSPS) is 17.4. The molecule has 0 aromatic carbocycles. The summed E-state index contributed by atoms with van der Waals surface area (Å²) in [6, 6.07) is 2.13. The zero-order valence-electron chi connectivity index (χ0n) is 6.88. The number of hydrogen-bond acceptors (Lipinski definition) is 2. The van der Waals surface area contributed by atoms with Crippen LogP contribution in [0.25, 0.3) is 0 Å². The standard InChI is InChI=1S/C9H15NO/c10-7-2-1-3-8-11-9-5-4-6-9/h9H,1-6,8H2. The van der Waals surface area contributed by atoms with Gasteiger partial charge in [0.15, 0.2) is 0 Å². The summed E-state index contributed by atoms with van der Waals surface area (Å²) in [5.74, 6) is 0. The smallest absolute Gasteiger partial charge is 0.0621 e. The van der Waals surface area contributed by atoms with E-state index < -0.39 is 0 Å². The molecular formula is C9H15NO. The molecule has 0 aliphatic heterocycles. The summed E-state index contributed by atoms with van der Waals surface area (Å²) in [6.07, 6.45) is 7.10. The first-order chi connectivity index (χ1) is 5.43. The molecular weight excluding hydrogens is 138 g/mol. The lowest BCUT2D eigenvalue weighted by atomic mass is 9.96. The van der Waals surface area contributed by atoms with Crippen molar-refractivity contribution in [2.75, 3.05) is 6.61 Å². The topological polar surface area (TPSA) is 33.0 Å². The lowest BCUT2D eigenvalue weighted by Crippen LogP contribution is -2.21. The fraction of sp³-hybridized carbons (Fsp3) is 0.889. The molecule has 0 aromatic heterocycles. The first kappa shape index (κ1) is 8.55. The minimum absolute atomic E-state index is 0.553. The Balaban J connectivity index is 1.77. The molecule has 2 nitrogen and oxygen atoms in total. The van der Waals surface area contributed by atoms with Crippen molar-refractivity contribution in [3.63, 3.8) is 0 Å². The van der Waals surface area contributed by atoms with Crippen molar-refractivity contribution >= 4 is 0 Å². The van der Waals surface area contributed by atoms with E-state index in [-0.39, 0.29) is 0 Å². The Morgan fingerprint density at radius 2 is 2.18 bits per heavy atom. The van der Waals surface area contributed by atoms with Gasteiger partial charge in [-0.15, -0.1) is 0 Å². The number of ether oxygens (including phenoxy) is 1. The fourth-order valence-electron chi connectivity index (χ4n) is 1.09. The van der Waals surface area contributed by atoms with E-state index in [1.54, 1.807) is 0 Å². The van der Waals surface area contributed by atoms with E-state index in [0.29, 0.717) is 12.5 Å². The van der Waals surface area contributed by atoms with Gasteiger partial charge in [-0.3, -0.25) is 0 Å². The van der Waals surface area contributed by atoms with Gasteiger partial charge < -0.3 is 4.74 Å². The van der Waals surface area contributed by atoms with Crippen LogP contribution in [0.15, 0.2) is 0 Å². The largest absolute Gasteiger partial charge is 0.378 e. The van der Waals surface area contributed by atoms with Crippen LogP contribution >= 0.6 is 0 Å². The van der Waals surface area contributed by atoms with Gasteiger partial charge in [0.25, 0.3) is 0 Å². The van der Waals surface area contributed by atoms with Gasteiger partial charge in [-0.05, 0) is 32.1 Å².